The molecule has 2 saturated heterocycles. The van der Waals surface area contributed by atoms with Crippen molar-refractivity contribution >= 4 is 81.2 Å². The Hall–Kier alpha value is -6.10. The number of nitrogens with two attached hydrogens (primary N) is 1. The Labute approximate surface area is 401 Å². The van der Waals surface area contributed by atoms with Crippen molar-refractivity contribution in [2.75, 3.05) is 73.0 Å². The SMILES string of the molecule is CC(C)(C)OC(=O)N(C(=O)OC(C)(C)C)c1ncc(-c2nc(N3CCOCC3)c3nc(Cl)n(CC4CC4)c3n2)cn1.Nc1ncc(-c2nc(N3CCOCC3)c3nc(Cl)n(CC4CC4)c3n2)cn1. The molecule has 0 atom stereocenters. The molecule has 6 aromatic rings. The first-order valence-electron chi connectivity index (χ1n) is 22.7. The number of carbonyl (C=O) groups is 2. The highest BCUT2D eigenvalue weighted by Crippen LogP contribution is 2.37. The third-order valence-corrected chi connectivity index (χ3v) is 11.7. The lowest BCUT2D eigenvalue weighted by Gasteiger charge is -2.28. The molecule has 22 nitrogen and oxygen atoms in total. The minimum atomic E-state index is -0.953. The van der Waals surface area contributed by atoms with Crippen LogP contribution in [0.1, 0.15) is 67.2 Å². The summed E-state index contributed by atoms with van der Waals surface area (Å²) >= 11 is 13.0. The van der Waals surface area contributed by atoms with E-state index in [2.05, 4.69) is 39.7 Å². The van der Waals surface area contributed by atoms with Gasteiger partial charge in [-0.05, 0) is 102 Å². The van der Waals surface area contributed by atoms with Gasteiger partial charge in [0.05, 0.1) is 37.6 Å². The minimum Gasteiger partial charge on any atom is -0.443 e. The number of nitrogens with zero attached hydrogens (tertiary/aromatic N) is 15. The summed E-state index contributed by atoms with van der Waals surface area (Å²) in [5, 5.41) is 0.816. The minimum absolute atomic E-state index is 0.200. The average Bonchev–Trinajstić information content (AvgIpc) is 4.24. The first-order valence-corrected chi connectivity index (χ1v) is 23.4. The van der Waals surface area contributed by atoms with Gasteiger partial charge in [-0.25, -0.2) is 59.4 Å². The van der Waals surface area contributed by atoms with Crippen molar-refractivity contribution in [3.05, 3.63) is 35.4 Å². The fourth-order valence-electron chi connectivity index (χ4n) is 7.47. The Morgan fingerprint density at radius 2 is 1.01 bits per heavy atom. The molecule has 8 heterocycles. The number of amides is 2. The van der Waals surface area contributed by atoms with Gasteiger partial charge in [-0.1, -0.05) is 0 Å². The number of rotatable bonds is 9. The van der Waals surface area contributed by atoms with Crippen LogP contribution >= 0.6 is 23.2 Å². The largest absolute Gasteiger partial charge is 0.443 e. The van der Waals surface area contributed by atoms with Crippen molar-refractivity contribution in [3.63, 3.8) is 0 Å². The van der Waals surface area contributed by atoms with Gasteiger partial charge in [0.15, 0.2) is 45.6 Å². The number of carbonyl (C=O) groups excluding carboxylic acids is 2. The maximum absolute atomic E-state index is 13.0. The molecule has 4 aliphatic rings. The molecule has 6 aromatic heterocycles. The number of morpholine rings is 2. The first kappa shape index (κ1) is 47.0. The fourth-order valence-corrected chi connectivity index (χ4v) is 7.94. The van der Waals surface area contributed by atoms with E-state index in [4.69, 9.17) is 67.8 Å². The van der Waals surface area contributed by atoms with Crippen molar-refractivity contribution in [1.29, 1.82) is 0 Å². The maximum Gasteiger partial charge on any atom is 0.427 e. The molecule has 0 bridgehead atoms. The van der Waals surface area contributed by atoms with Gasteiger partial charge in [0.1, 0.15) is 11.2 Å². The predicted molar refractivity (Wildman–Crippen MR) is 254 cm³/mol. The van der Waals surface area contributed by atoms with Gasteiger partial charge in [0.2, 0.25) is 22.5 Å². The standard InChI is InChI=1S/C27H35ClN8O5.C17H19ClN8O/c1-26(2,3)40-24(37)36(25(38)41-27(4,5)6)23-29-13-17(14-30-23)19-32-20(34-9-11-39-12-10-34)18-21(33-19)35(22(28)31-18)15-16-7-8-16;18-16-22-12-14(25-3-5-27-6-4-25)23-13(11-7-20-17(19)21-8-11)24-15(12)26(16)9-10-1-2-10/h13-14,16H,7-12,15H2,1-6H3;7-8,10H,1-6,9H2,(H2,19,20,21). The molecule has 2 aliphatic heterocycles. The fraction of sp³-hybridized carbons (Fsp3) is 0.545. The zero-order valence-electron chi connectivity index (χ0n) is 38.9. The molecule has 0 spiro atoms. The van der Waals surface area contributed by atoms with Gasteiger partial charge in [-0.15, -0.1) is 4.90 Å². The normalized spacial score (nSPS) is 16.7. The average molecular weight is 974 g/mol. The van der Waals surface area contributed by atoms with E-state index >= 15 is 0 Å². The molecule has 0 aromatic carbocycles. The molecule has 4 fully saturated rings. The zero-order valence-corrected chi connectivity index (χ0v) is 40.4. The smallest absolute Gasteiger partial charge is 0.427 e. The number of ether oxygens (including phenoxy) is 4. The summed E-state index contributed by atoms with van der Waals surface area (Å²) in [7, 11) is 0. The third-order valence-electron chi connectivity index (χ3n) is 11.1. The number of hydrogen-bond acceptors (Lipinski definition) is 19. The number of aromatic nitrogens is 12. The lowest BCUT2D eigenvalue weighted by atomic mass is 10.2. The van der Waals surface area contributed by atoms with Crippen LogP contribution in [0.15, 0.2) is 24.8 Å². The van der Waals surface area contributed by atoms with Gasteiger partial charge in [0, 0.05) is 64.1 Å². The van der Waals surface area contributed by atoms with Crippen molar-refractivity contribution in [2.45, 2.75) is 91.5 Å². The van der Waals surface area contributed by atoms with E-state index < -0.39 is 23.4 Å². The van der Waals surface area contributed by atoms with Crippen LogP contribution in [0, 0.1) is 11.8 Å². The van der Waals surface area contributed by atoms with Crippen LogP contribution in [0.25, 0.3) is 45.1 Å². The molecule has 10 rings (SSSR count). The molecular weight excluding hydrogens is 919 g/mol. The second-order valence-electron chi connectivity index (χ2n) is 19.1. The second kappa shape index (κ2) is 19.1. The molecule has 0 unspecified atom stereocenters. The number of halogens is 2. The predicted octanol–water partition coefficient (Wildman–Crippen LogP) is 6.63. The van der Waals surface area contributed by atoms with Crippen LogP contribution in [0.4, 0.5) is 33.1 Å². The van der Waals surface area contributed by atoms with E-state index in [1.54, 1.807) is 53.9 Å². The van der Waals surface area contributed by atoms with Crippen molar-refractivity contribution < 1.29 is 28.5 Å². The van der Waals surface area contributed by atoms with E-state index in [1.807, 2.05) is 9.13 Å². The van der Waals surface area contributed by atoms with Gasteiger partial charge < -0.3 is 34.5 Å². The van der Waals surface area contributed by atoms with E-state index in [9.17, 15) is 9.59 Å². The first-order chi connectivity index (χ1) is 32.5. The second-order valence-corrected chi connectivity index (χ2v) is 19.7. The van der Waals surface area contributed by atoms with E-state index in [0.717, 1.165) is 56.0 Å². The molecule has 0 radical (unpaired) electrons. The van der Waals surface area contributed by atoms with Crippen molar-refractivity contribution in [1.82, 2.24) is 59.0 Å². The lowest BCUT2D eigenvalue weighted by Crippen LogP contribution is -2.44. The number of fused-ring (bicyclic) bond motifs is 2. The summed E-state index contributed by atoms with van der Waals surface area (Å²) in [4.78, 5) is 76.1. The zero-order chi connectivity index (χ0) is 47.9. The number of hydrogen-bond donors (Lipinski definition) is 1. The highest BCUT2D eigenvalue weighted by atomic mass is 35.5. The molecule has 2 N–H and O–H groups in total. The summed E-state index contributed by atoms with van der Waals surface area (Å²) in [6.45, 7) is 17.0. The third kappa shape index (κ3) is 10.9. The Morgan fingerprint density at radius 1 is 0.632 bits per heavy atom. The summed E-state index contributed by atoms with van der Waals surface area (Å²) in [5.74, 6) is 3.53. The van der Waals surface area contributed by atoms with E-state index in [-0.39, 0.29) is 11.9 Å². The Bertz CT molecular complexity index is 2760. The molecule has 2 saturated carbocycles. The summed E-state index contributed by atoms with van der Waals surface area (Å²) in [6.07, 6.45) is 9.00. The maximum atomic E-state index is 13.0. The molecule has 2 amide bonds. The van der Waals surface area contributed by atoms with Gasteiger partial charge in [-0.2, -0.15) is 0 Å². The van der Waals surface area contributed by atoms with Gasteiger partial charge in [-0.3, -0.25) is 9.13 Å². The Kier molecular flexibility index (Phi) is 13.2. The Morgan fingerprint density at radius 3 is 1.38 bits per heavy atom. The number of anilines is 4. The van der Waals surface area contributed by atoms with Gasteiger partial charge in [0.25, 0.3) is 0 Å². The summed E-state index contributed by atoms with van der Waals surface area (Å²) in [6, 6.07) is 0. The molecule has 24 heteroatoms. The highest BCUT2D eigenvalue weighted by Gasteiger charge is 2.35. The Balaban J connectivity index is 0.000000184. The van der Waals surface area contributed by atoms with E-state index in [0.29, 0.717) is 107 Å². The topological polar surface area (TPSA) is 246 Å². The quantitative estimate of drug-likeness (QED) is 0.149. The lowest BCUT2D eigenvalue weighted by molar-refractivity contribution is 0.0427. The van der Waals surface area contributed by atoms with Crippen LogP contribution < -0.4 is 20.4 Å². The van der Waals surface area contributed by atoms with Gasteiger partial charge >= 0.3 is 12.2 Å². The van der Waals surface area contributed by atoms with Crippen LogP contribution in [-0.4, -0.2) is 135 Å². The van der Waals surface area contributed by atoms with Crippen LogP contribution in [-0.2, 0) is 32.0 Å². The number of imide groups is 1. The highest BCUT2D eigenvalue weighted by molar-refractivity contribution is 6.29. The summed E-state index contributed by atoms with van der Waals surface area (Å²) in [5.41, 5.74) is 7.80. The molecular formula is C44H54Cl2N16O6. The van der Waals surface area contributed by atoms with Crippen LogP contribution in [0.2, 0.25) is 10.6 Å². The van der Waals surface area contributed by atoms with Crippen molar-refractivity contribution in [2.24, 2.45) is 11.8 Å². The number of nitrogen functional groups attached to an aromatic ring is 1. The molecule has 360 valence electrons. The van der Waals surface area contributed by atoms with Crippen molar-refractivity contribution in [3.8, 4) is 22.8 Å². The van der Waals surface area contributed by atoms with E-state index in [1.165, 1.54) is 25.2 Å². The molecule has 2 aliphatic carbocycles. The van der Waals surface area contributed by atoms with Crippen LogP contribution in [0.5, 0.6) is 0 Å². The molecule has 68 heavy (non-hydrogen) atoms. The monoisotopic (exact) mass is 972 g/mol. The number of imidazole rings is 2. The van der Waals surface area contributed by atoms with Crippen LogP contribution in [0.3, 0.4) is 0 Å². The summed E-state index contributed by atoms with van der Waals surface area (Å²) < 4.78 is 25.8.